The molecule has 3 aromatic rings. The van der Waals surface area contributed by atoms with Crippen molar-refractivity contribution in [2.45, 2.75) is 45.1 Å². The molecular formula is C21H23FN6O. The number of carbonyl (C=O) groups is 1. The Labute approximate surface area is 168 Å². The summed E-state index contributed by atoms with van der Waals surface area (Å²) in [5.74, 6) is 0.333. The molecule has 0 saturated carbocycles. The molecule has 1 atom stereocenters. The van der Waals surface area contributed by atoms with Crippen molar-refractivity contribution in [3.05, 3.63) is 52.9 Å². The molecule has 1 saturated heterocycles. The van der Waals surface area contributed by atoms with Gasteiger partial charge < -0.3 is 10.2 Å². The number of amides is 1. The summed E-state index contributed by atoms with van der Waals surface area (Å²) in [6.07, 6.45) is 7.54. The first-order valence-corrected chi connectivity index (χ1v) is 10.2. The molecular weight excluding hydrogens is 371 g/mol. The van der Waals surface area contributed by atoms with Gasteiger partial charge in [0.25, 0.3) is 5.91 Å². The molecule has 1 N–H and O–H groups in total. The van der Waals surface area contributed by atoms with Crippen molar-refractivity contribution >= 4 is 17.4 Å². The fourth-order valence-corrected chi connectivity index (χ4v) is 4.51. The lowest BCUT2D eigenvalue weighted by atomic mass is 9.99. The second kappa shape index (κ2) is 7.09. The number of pyridine rings is 1. The molecule has 1 amide bonds. The molecule has 0 spiro atoms. The monoisotopic (exact) mass is 394 g/mol. The number of hydrogen-bond acceptors (Lipinski definition) is 5. The summed E-state index contributed by atoms with van der Waals surface area (Å²) in [5, 5.41) is 7.43. The summed E-state index contributed by atoms with van der Waals surface area (Å²) in [6.45, 7) is 3.23. The van der Waals surface area contributed by atoms with Crippen LogP contribution in [0.2, 0.25) is 0 Å². The molecule has 8 heteroatoms. The zero-order chi connectivity index (χ0) is 20.0. The van der Waals surface area contributed by atoms with Crippen LogP contribution in [0, 0.1) is 12.7 Å². The van der Waals surface area contributed by atoms with Crippen molar-refractivity contribution in [2.75, 3.05) is 18.0 Å². The standard InChI is InChI=1S/C21H23FN6O/c1-13-19-20-25-18(7-10-28(20)26-13)27-9-4-6-17(27)15-11-14(22)12-24-16(15)5-2-3-8-23-21(19)29/h7,10-12,17H,2-6,8-9H2,1H3,(H,23,29)/t17-/m1/s1. The van der Waals surface area contributed by atoms with Crippen LogP contribution in [0.3, 0.4) is 0 Å². The first-order chi connectivity index (χ1) is 14.1. The van der Waals surface area contributed by atoms with Crippen LogP contribution < -0.4 is 10.2 Å². The van der Waals surface area contributed by atoms with E-state index >= 15 is 0 Å². The van der Waals surface area contributed by atoms with E-state index in [1.807, 2.05) is 19.2 Å². The third-order valence-corrected chi connectivity index (χ3v) is 5.87. The maximum Gasteiger partial charge on any atom is 0.257 e. The second-order valence-electron chi connectivity index (χ2n) is 7.77. The number of aromatic nitrogens is 4. The minimum Gasteiger partial charge on any atom is -0.352 e. The summed E-state index contributed by atoms with van der Waals surface area (Å²) in [7, 11) is 0. The lowest BCUT2D eigenvalue weighted by molar-refractivity contribution is 0.0954. The molecule has 3 aromatic heterocycles. The summed E-state index contributed by atoms with van der Waals surface area (Å²) in [6, 6.07) is 3.58. The van der Waals surface area contributed by atoms with Gasteiger partial charge in [0.2, 0.25) is 0 Å². The Morgan fingerprint density at radius 3 is 3.07 bits per heavy atom. The third-order valence-electron chi connectivity index (χ3n) is 5.87. The first kappa shape index (κ1) is 18.0. The Kier molecular flexibility index (Phi) is 4.41. The lowest BCUT2D eigenvalue weighted by Gasteiger charge is -2.27. The van der Waals surface area contributed by atoms with Gasteiger partial charge in [0.05, 0.1) is 17.9 Å². The van der Waals surface area contributed by atoms with E-state index in [9.17, 15) is 9.18 Å². The number of hydrogen-bond donors (Lipinski definition) is 1. The van der Waals surface area contributed by atoms with Crippen LogP contribution in [0.15, 0.2) is 24.5 Å². The van der Waals surface area contributed by atoms with Crippen LogP contribution in [0.1, 0.15) is 59.0 Å². The molecule has 0 radical (unpaired) electrons. The fourth-order valence-electron chi connectivity index (χ4n) is 4.51. The van der Waals surface area contributed by atoms with Gasteiger partial charge in [0.1, 0.15) is 17.2 Å². The summed E-state index contributed by atoms with van der Waals surface area (Å²) in [5.41, 5.74) is 3.63. The highest BCUT2D eigenvalue weighted by Crippen LogP contribution is 2.37. The first-order valence-electron chi connectivity index (χ1n) is 10.2. The van der Waals surface area contributed by atoms with Crippen LogP contribution >= 0.6 is 0 Å². The van der Waals surface area contributed by atoms with Crippen molar-refractivity contribution in [3.8, 4) is 0 Å². The van der Waals surface area contributed by atoms with E-state index in [4.69, 9.17) is 4.98 Å². The molecule has 5 heterocycles. The topological polar surface area (TPSA) is 75.4 Å². The molecule has 7 nitrogen and oxygen atoms in total. The molecule has 0 aliphatic carbocycles. The highest BCUT2D eigenvalue weighted by atomic mass is 19.1. The molecule has 2 bridgehead atoms. The smallest absolute Gasteiger partial charge is 0.257 e. The van der Waals surface area contributed by atoms with Crippen molar-refractivity contribution in [1.82, 2.24) is 24.9 Å². The van der Waals surface area contributed by atoms with Crippen molar-refractivity contribution in [1.29, 1.82) is 0 Å². The van der Waals surface area contributed by atoms with Crippen molar-refractivity contribution in [3.63, 3.8) is 0 Å². The third kappa shape index (κ3) is 3.12. The number of fused-ring (bicyclic) bond motifs is 5. The fraction of sp³-hybridized carbons (Fsp3) is 0.429. The molecule has 0 aromatic carbocycles. The van der Waals surface area contributed by atoms with E-state index < -0.39 is 0 Å². The van der Waals surface area contributed by atoms with Gasteiger partial charge in [-0.1, -0.05) is 0 Å². The summed E-state index contributed by atoms with van der Waals surface area (Å²) in [4.78, 5) is 24.2. The molecule has 1 fully saturated rings. The number of aryl methyl sites for hydroxylation is 2. The van der Waals surface area contributed by atoms with E-state index in [0.29, 0.717) is 23.4 Å². The Bertz CT molecular complexity index is 1090. The average Bonchev–Trinajstić information content (AvgIpc) is 3.31. The van der Waals surface area contributed by atoms with Crippen LogP contribution in [-0.4, -0.2) is 38.6 Å². The van der Waals surface area contributed by atoms with Crippen LogP contribution in [0.4, 0.5) is 10.2 Å². The average molecular weight is 394 g/mol. The Morgan fingerprint density at radius 1 is 1.28 bits per heavy atom. The number of nitrogens with one attached hydrogen (secondary N) is 1. The van der Waals surface area contributed by atoms with Crippen molar-refractivity contribution < 1.29 is 9.18 Å². The lowest BCUT2D eigenvalue weighted by Crippen LogP contribution is -2.27. The maximum atomic E-state index is 14.1. The predicted molar refractivity (Wildman–Crippen MR) is 107 cm³/mol. The molecule has 0 unspecified atom stereocenters. The van der Waals surface area contributed by atoms with Gasteiger partial charge in [0.15, 0.2) is 5.65 Å². The maximum absolute atomic E-state index is 14.1. The Morgan fingerprint density at radius 2 is 2.17 bits per heavy atom. The molecule has 5 rings (SSSR count). The quantitative estimate of drug-likeness (QED) is 0.634. The van der Waals surface area contributed by atoms with Gasteiger partial charge in [-0.05, 0) is 56.7 Å². The van der Waals surface area contributed by atoms with Gasteiger partial charge >= 0.3 is 0 Å². The van der Waals surface area contributed by atoms with E-state index in [1.54, 1.807) is 10.6 Å². The Hall–Kier alpha value is -3.03. The highest BCUT2D eigenvalue weighted by Gasteiger charge is 2.30. The van der Waals surface area contributed by atoms with Crippen LogP contribution in [0.25, 0.3) is 5.65 Å². The van der Waals surface area contributed by atoms with E-state index in [0.717, 1.165) is 55.7 Å². The number of rotatable bonds is 0. The zero-order valence-corrected chi connectivity index (χ0v) is 16.4. The summed E-state index contributed by atoms with van der Waals surface area (Å²) >= 11 is 0. The minimum absolute atomic E-state index is 0.0346. The van der Waals surface area contributed by atoms with Crippen LogP contribution in [0.5, 0.6) is 0 Å². The minimum atomic E-state index is -0.305. The van der Waals surface area contributed by atoms with Gasteiger partial charge in [-0.3, -0.25) is 9.78 Å². The highest BCUT2D eigenvalue weighted by molar-refractivity contribution is 6.01. The molecule has 29 heavy (non-hydrogen) atoms. The molecule has 2 aliphatic heterocycles. The van der Waals surface area contributed by atoms with Gasteiger partial charge in [-0.15, -0.1) is 0 Å². The largest absolute Gasteiger partial charge is 0.352 e. The second-order valence-corrected chi connectivity index (χ2v) is 7.77. The molecule has 2 aliphatic rings. The number of nitrogens with zero attached hydrogens (tertiary/aromatic N) is 5. The normalized spacial score (nSPS) is 19.7. The van der Waals surface area contributed by atoms with Gasteiger partial charge in [-0.25, -0.2) is 13.9 Å². The number of anilines is 1. The van der Waals surface area contributed by atoms with Crippen molar-refractivity contribution in [2.24, 2.45) is 0 Å². The van der Waals surface area contributed by atoms with Gasteiger partial charge in [-0.2, -0.15) is 5.10 Å². The number of carbonyl (C=O) groups excluding carboxylic acids is 1. The Balaban J connectivity index is 1.67. The summed E-state index contributed by atoms with van der Waals surface area (Å²) < 4.78 is 15.7. The number of halogens is 1. The zero-order valence-electron chi connectivity index (χ0n) is 16.4. The van der Waals surface area contributed by atoms with Gasteiger partial charge in [0, 0.05) is 25.0 Å². The van der Waals surface area contributed by atoms with E-state index in [1.165, 1.54) is 6.20 Å². The molecule has 150 valence electrons. The van der Waals surface area contributed by atoms with E-state index in [-0.39, 0.29) is 17.8 Å². The van der Waals surface area contributed by atoms with Crippen LogP contribution in [-0.2, 0) is 6.42 Å². The SMILES string of the molecule is Cc1nn2ccc3nc2c1C(=O)NCCCCc1ncc(F)cc1[C@H]1CCCN31. The predicted octanol–water partition coefficient (Wildman–Crippen LogP) is 2.98. The van der Waals surface area contributed by atoms with E-state index in [2.05, 4.69) is 20.3 Å².